The van der Waals surface area contributed by atoms with E-state index in [-0.39, 0.29) is 55.2 Å². The average Bonchev–Trinajstić information content (AvgIpc) is 3.63. The van der Waals surface area contributed by atoms with Gasteiger partial charge in [-0.2, -0.15) is 15.6 Å². The monoisotopic (exact) mass is 559 g/mol. The number of amides is 2. The SMILES string of the molecule is N#CCC1(n2cc(C(N)=O)c(NC(=O)C3CC3C#N)n2)CCN(Cc2cc(O)c(-c3ccccc3)cc2F)CC1F. The normalized spacial score (nSPS) is 23.8. The van der Waals surface area contributed by atoms with Gasteiger partial charge in [-0.1, -0.05) is 30.3 Å². The van der Waals surface area contributed by atoms with Crippen LogP contribution in [0.1, 0.15) is 35.2 Å². The summed E-state index contributed by atoms with van der Waals surface area (Å²) >= 11 is 0. The highest BCUT2D eigenvalue weighted by Crippen LogP contribution is 2.40. The highest BCUT2D eigenvalue weighted by Gasteiger charge is 2.47. The van der Waals surface area contributed by atoms with E-state index in [1.165, 1.54) is 23.0 Å². The molecule has 2 aromatic carbocycles. The zero-order chi connectivity index (χ0) is 29.3. The molecule has 1 aromatic heterocycles. The Balaban J connectivity index is 1.35. The number of aromatic nitrogens is 2. The summed E-state index contributed by atoms with van der Waals surface area (Å²) in [6.45, 7) is 0.0930. The van der Waals surface area contributed by atoms with Gasteiger partial charge in [-0.05, 0) is 30.5 Å². The average molecular weight is 560 g/mol. The molecule has 2 amide bonds. The number of phenols is 1. The highest BCUT2D eigenvalue weighted by atomic mass is 19.1. The van der Waals surface area contributed by atoms with E-state index >= 15 is 8.78 Å². The van der Waals surface area contributed by atoms with Gasteiger partial charge in [-0.3, -0.25) is 19.2 Å². The predicted molar refractivity (Wildman–Crippen MR) is 143 cm³/mol. The number of nitrogens with two attached hydrogens (primary N) is 1. The summed E-state index contributed by atoms with van der Waals surface area (Å²) in [5, 5.41) is 35.9. The molecule has 0 bridgehead atoms. The van der Waals surface area contributed by atoms with E-state index in [0.29, 0.717) is 17.5 Å². The maximum absolute atomic E-state index is 16.0. The third-order valence-corrected chi connectivity index (χ3v) is 7.86. The zero-order valence-electron chi connectivity index (χ0n) is 21.9. The molecule has 0 radical (unpaired) electrons. The van der Waals surface area contributed by atoms with Gasteiger partial charge in [0.05, 0.1) is 30.4 Å². The van der Waals surface area contributed by atoms with Crippen molar-refractivity contribution < 1.29 is 23.5 Å². The molecule has 4 atom stereocenters. The number of rotatable bonds is 8. The van der Waals surface area contributed by atoms with Crippen molar-refractivity contribution in [2.45, 2.75) is 37.5 Å². The second kappa shape index (κ2) is 11.0. The van der Waals surface area contributed by atoms with Gasteiger partial charge in [-0.25, -0.2) is 8.78 Å². The molecule has 12 heteroatoms. The fourth-order valence-corrected chi connectivity index (χ4v) is 5.34. The van der Waals surface area contributed by atoms with E-state index in [1.54, 1.807) is 29.2 Å². The van der Waals surface area contributed by atoms with Crippen molar-refractivity contribution in [3.05, 3.63) is 65.6 Å². The van der Waals surface area contributed by atoms with E-state index in [0.717, 1.165) is 0 Å². The lowest BCUT2D eigenvalue weighted by Gasteiger charge is -2.43. The van der Waals surface area contributed by atoms with Crippen LogP contribution in [-0.4, -0.2) is 50.9 Å². The van der Waals surface area contributed by atoms with Crippen LogP contribution >= 0.6 is 0 Å². The Morgan fingerprint density at radius 2 is 2.00 bits per heavy atom. The number of hydrogen-bond acceptors (Lipinski definition) is 7. The third-order valence-electron chi connectivity index (χ3n) is 7.86. The Hall–Kier alpha value is -4.81. The molecular formula is C29H27F2N7O3. The fourth-order valence-electron chi connectivity index (χ4n) is 5.34. The first-order valence-corrected chi connectivity index (χ1v) is 13.1. The highest BCUT2D eigenvalue weighted by molar-refractivity contribution is 6.03. The molecule has 0 spiro atoms. The van der Waals surface area contributed by atoms with Crippen LogP contribution in [-0.2, 0) is 16.9 Å². The van der Waals surface area contributed by atoms with Crippen LogP contribution in [0.4, 0.5) is 14.6 Å². The number of halogens is 2. The molecule has 3 aromatic rings. The summed E-state index contributed by atoms with van der Waals surface area (Å²) in [5.74, 6) is -3.13. The second-order valence-corrected chi connectivity index (χ2v) is 10.5. The smallest absolute Gasteiger partial charge is 0.254 e. The number of likely N-dealkylation sites (tertiary alicyclic amines) is 1. The number of aromatic hydroxyl groups is 1. The van der Waals surface area contributed by atoms with Crippen LogP contribution in [0.15, 0.2) is 48.7 Å². The molecular weight excluding hydrogens is 532 g/mol. The summed E-state index contributed by atoms with van der Waals surface area (Å²) in [6.07, 6.45) is -0.235. The standard InChI is InChI=1S/C29H27F2N7O3/c30-23-12-20(17-4-2-1-3-5-17)24(39)11-19(23)14-37-9-7-29(6-8-32,25(31)16-37)38-15-22(26(34)40)27(36-38)35-28(41)21-10-18(21)13-33/h1-5,11-12,15,18,21,25,39H,6-7,9-10,14,16H2,(H2,34,40)(H,35,36,41). The minimum absolute atomic E-state index is 0.0198. The van der Waals surface area contributed by atoms with E-state index in [2.05, 4.69) is 10.4 Å². The molecule has 1 saturated carbocycles. The molecule has 10 nitrogen and oxygen atoms in total. The molecule has 1 saturated heterocycles. The molecule has 1 aliphatic carbocycles. The zero-order valence-corrected chi connectivity index (χ0v) is 21.9. The number of benzene rings is 2. The fraction of sp³-hybridized carbons (Fsp3) is 0.345. The lowest BCUT2D eigenvalue weighted by molar-refractivity contribution is -0.117. The van der Waals surface area contributed by atoms with E-state index in [1.807, 2.05) is 18.2 Å². The summed E-state index contributed by atoms with van der Waals surface area (Å²) in [6, 6.07) is 15.5. The van der Waals surface area contributed by atoms with Crippen LogP contribution in [0.2, 0.25) is 0 Å². The summed E-state index contributed by atoms with van der Waals surface area (Å²) < 4.78 is 32.2. The minimum atomic E-state index is -1.66. The van der Waals surface area contributed by atoms with Crippen molar-refractivity contribution in [3.8, 4) is 29.0 Å². The maximum Gasteiger partial charge on any atom is 0.254 e. The third kappa shape index (κ3) is 5.34. The first-order chi connectivity index (χ1) is 19.7. The lowest BCUT2D eigenvalue weighted by Crippen LogP contribution is -2.54. The van der Waals surface area contributed by atoms with Gasteiger partial charge < -0.3 is 16.2 Å². The number of hydrogen-bond donors (Lipinski definition) is 3. The molecule has 2 heterocycles. The first-order valence-electron chi connectivity index (χ1n) is 13.1. The maximum atomic E-state index is 16.0. The number of nitrogens with zero attached hydrogens (tertiary/aromatic N) is 5. The number of carbonyl (C=O) groups is 2. The summed E-state index contributed by atoms with van der Waals surface area (Å²) in [4.78, 5) is 26.3. The Labute approximate surface area is 234 Å². The number of anilines is 1. The predicted octanol–water partition coefficient (Wildman–Crippen LogP) is 3.44. The van der Waals surface area contributed by atoms with Gasteiger partial charge in [0.2, 0.25) is 5.91 Å². The molecule has 2 fully saturated rings. The Morgan fingerprint density at radius 3 is 2.63 bits per heavy atom. The van der Waals surface area contributed by atoms with Crippen LogP contribution < -0.4 is 11.1 Å². The van der Waals surface area contributed by atoms with E-state index in [9.17, 15) is 20.0 Å². The van der Waals surface area contributed by atoms with Gasteiger partial charge in [0.15, 0.2) is 5.82 Å². The number of carbonyl (C=O) groups excluding carboxylic acids is 2. The van der Waals surface area contributed by atoms with Crippen molar-refractivity contribution in [2.24, 2.45) is 17.6 Å². The van der Waals surface area contributed by atoms with Gasteiger partial charge in [0.1, 0.15) is 28.8 Å². The van der Waals surface area contributed by atoms with Gasteiger partial charge >= 0.3 is 0 Å². The number of primary amides is 1. The van der Waals surface area contributed by atoms with Crippen LogP contribution in [0, 0.1) is 40.3 Å². The molecule has 4 N–H and O–H groups in total. The first kappa shape index (κ1) is 27.7. The Bertz CT molecular complexity index is 1580. The van der Waals surface area contributed by atoms with Gasteiger partial charge in [0.25, 0.3) is 5.91 Å². The van der Waals surface area contributed by atoms with Crippen LogP contribution in [0.25, 0.3) is 11.1 Å². The van der Waals surface area contributed by atoms with E-state index < -0.39 is 41.2 Å². The number of piperidine rings is 1. The number of alkyl halides is 1. The van der Waals surface area contributed by atoms with Crippen molar-refractivity contribution in [1.29, 1.82) is 10.5 Å². The number of phenolic OH excluding ortho intramolecular Hbond substituents is 1. The number of nitrogens with one attached hydrogen (secondary N) is 1. The molecule has 2 aliphatic rings. The van der Waals surface area contributed by atoms with Crippen molar-refractivity contribution in [1.82, 2.24) is 14.7 Å². The Kier molecular flexibility index (Phi) is 7.43. The van der Waals surface area contributed by atoms with Crippen molar-refractivity contribution in [3.63, 3.8) is 0 Å². The van der Waals surface area contributed by atoms with Crippen LogP contribution in [0.3, 0.4) is 0 Å². The lowest BCUT2D eigenvalue weighted by atomic mass is 9.83. The molecule has 210 valence electrons. The quantitative estimate of drug-likeness (QED) is 0.381. The van der Waals surface area contributed by atoms with Gasteiger partial charge in [0, 0.05) is 37.0 Å². The topological polar surface area (TPSA) is 161 Å². The largest absolute Gasteiger partial charge is 0.507 e. The number of nitriles is 2. The van der Waals surface area contributed by atoms with E-state index in [4.69, 9.17) is 11.0 Å². The minimum Gasteiger partial charge on any atom is -0.507 e. The molecule has 41 heavy (non-hydrogen) atoms. The molecule has 1 aliphatic heterocycles. The van der Waals surface area contributed by atoms with Crippen molar-refractivity contribution in [2.75, 3.05) is 18.4 Å². The summed E-state index contributed by atoms with van der Waals surface area (Å²) in [5.41, 5.74) is 5.08. The van der Waals surface area contributed by atoms with Crippen molar-refractivity contribution >= 4 is 17.6 Å². The Morgan fingerprint density at radius 1 is 1.24 bits per heavy atom. The molecule has 5 rings (SSSR count). The second-order valence-electron chi connectivity index (χ2n) is 10.5. The van der Waals surface area contributed by atoms with Gasteiger partial charge in [-0.15, -0.1) is 0 Å². The molecule has 4 unspecified atom stereocenters. The summed E-state index contributed by atoms with van der Waals surface area (Å²) in [7, 11) is 0. The van der Waals surface area contributed by atoms with Crippen LogP contribution in [0.5, 0.6) is 5.75 Å².